The molecular formula is C57H63N3O8. The molecule has 1 fully saturated rings. The Labute approximate surface area is 397 Å². The van der Waals surface area contributed by atoms with Crippen LogP contribution in [0.15, 0.2) is 115 Å². The van der Waals surface area contributed by atoms with Gasteiger partial charge in [-0.1, -0.05) is 55.9 Å². The normalized spacial score (nSPS) is 25.9. The van der Waals surface area contributed by atoms with Crippen molar-refractivity contribution in [3.8, 4) is 34.5 Å². The second kappa shape index (κ2) is 18.8. The average Bonchev–Trinajstić information content (AvgIpc) is 4.01. The highest BCUT2D eigenvalue weighted by atomic mass is 16.5. The Morgan fingerprint density at radius 2 is 1.84 bits per heavy atom. The van der Waals surface area contributed by atoms with E-state index in [4.69, 9.17) is 9.47 Å². The van der Waals surface area contributed by atoms with E-state index >= 15 is 4.79 Å². The molecule has 1 aromatic heterocycles. The highest BCUT2D eigenvalue weighted by Gasteiger charge is 2.55. The van der Waals surface area contributed by atoms with Crippen molar-refractivity contribution in [3.05, 3.63) is 143 Å². The van der Waals surface area contributed by atoms with Gasteiger partial charge in [-0.2, -0.15) is 0 Å². The van der Waals surface area contributed by atoms with Gasteiger partial charge in [0, 0.05) is 47.8 Å². The summed E-state index contributed by atoms with van der Waals surface area (Å²) in [5.41, 5.74) is 5.70. The van der Waals surface area contributed by atoms with Crippen molar-refractivity contribution in [2.45, 2.75) is 89.1 Å². The number of phenols is 4. The van der Waals surface area contributed by atoms with Crippen LogP contribution in [0.2, 0.25) is 0 Å². The third-order valence-electron chi connectivity index (χ3n) is 15.7. The van der Waals surface area contributed by atoms with Gasteiger partial charge >= 0.3 is 0 Å². The zero-order chi connectivity index (χ0) is 47.1. The quantitative estimate of drug-likeness (QED) is 0.0470. The van der Waals surface area contributed by atoms with Crippen LogP contribution in [0.1, 0.15) is 98.1 Å². The minimum Gasteiger partial charge on any atom is -0.508 e. The van der Waals surface area contributed by atoms with Crippen LogP contribution >= 0.6 is 0 Å². The fraction of sp³-hybridized carbons (Fsp3) is 0.386. The lowest BCUT2D eigenvalue weighted by atomic mass is 9.57. The average molecular weight is 918 g/mol. The van der Waals surface area contributed by atoms with Gasteiger partial charge in [0.25, 0.3) is 0 Å². The van der Waals surface area contributed by atoms with Crippen molar-refractivity contribution in [2.24, 2.45) is 29.1 Å². The highest BCUT2D eigenvalue weighted by molar-refractivity contribution is 6.00. The molecule has 0 amide bonds. The number of hydrogen-bond acceptors (Lipinski definition) is 10. The number of aliphatic hydroxyl groups is 1. The monoisotopic (exact) mass is 917 g/mol. The Morgan fingerprint density at radius 1 is 0.956 bits per heavy atom. The number of hydrogen-bond donors (Lipinski definition) is 8. The van der Waals surface area contributed by atoms with Crippen molar-refractivity contribution in [1.82, 2.24) is 10.3 Å². The molecule has 10 rings (SSSR count). The first-order chi connectivity index (χ1) is 33.0. The lowest BCUT2D eigenvalue weighted by Gasteiger charge is -2.46. The molecule has 68 heavy (non-hydrogen) atoms. The summed E-state index contributed by atoms with van der Waals surface area (Å²) in [6.45, 7) is 3.07. The van der Waals surface area contributed by atoms with Crippen LogP contribution < -0.4 is 20.1 Å². The van der Waals surface area contributed by atoms with Crippen LogP contribution in [0, 0.1) is 29.1 Å². The minimum atomic E-state index is -1.05. The van der Waals surface area contributed by atoms with Gasteiger partial charge in [-0.25, -0.2) is 0 Å². The van der Waals surface area contributed by atoms with Crippen molar-refractivity contribution in [2.75, 3.05) is 25.6 Å². The molecule has 354 valence electrons. The van der Waals surface area contributed by atoms with E-state index in [1.165, 1.54) is 7.11 Å². The Hall–Kier alpha value is -6.59. The molecule has 3 heterocycles. The summed E-state index contributed by atoms with van der Waals surface area (Å²) in [4.78, 5) is 19.6. The van der Waals surface area contributed by atoms with Gasteiger partial charge in [0.1, 0.15) is 17.4 Å². The lowest BCUT2D eigenvalue weighted by Crippen LogP contribution is -2.48. The first-order valence-corrected chi connectivity index (χ1v) is 24.4. The van der Waals surface area contributed by atoms with E-state index in [1.54, 1.807) is 36.4 Å². The van der Waals surface area contributed by atoms with Gasteiger partial charge in [-0.3, -0.25) is 4.79 Å². The Bertz CT molecular complexity index is 2830. The molecule has 2 bridgehead atoms. The standard InChI is InChI=1S/C57H63N3O8/c1-33-6-3-7-35(22-33)32-68-51-29-40(28-49(65)56(51)66)39-24-36-12-13-37-25-44(61)26-38-14-15-45(54(36)53(37)38)60-52-31-42(18-21-59-52)57(19-4-8-41(57)30-43-9-5-20-58-43)55(48(64)27-39)47(63)17-11-34-10-16-46(62)50(23-34)67-2/h3,5,7,9-10,12-16,18,20,23,25-26,28-29,31,33,35-36,39,41,47,55,58-63,65-66H,4,6,8,11,17,19,21-22,24,27,30,32H2,1-2H3/t33-,35-,36+,39-,41-,47-,55-,57+/m1/s1. The van der Waals surface area contributed by atoms with Gasteiger partial charge < -0.3 is 50.6 Å². The first kappa shape index (κ1) is 45.2. The van der Waals surface area contributed by atoms with Crippen LogP contribution in [0.3, 0.4) is 0 Å². The Kier molecular flexibility index (Phi) is 12.5. The lowest BCUT2D eigenvalue weighted by molar-refractivity contribution is -0.134. The number of ether oxygens (including phenoxy) is 2. The van der Waals surface area contributed by atoms with Gasteiger partial charge in [-0.15, -0.1) is 0 Å². The third kappa shape index (κ3) is 8.73. The second-order valence-electron chi connectivity index (χ2n) is 20.0. The zero-order valence-electron chi connectivity index (χ0n) is 38.9. The summed E-state index contributed by atoms with van der Waals surface area (Å²) >= 11 is 0. The van der Waals surface area contributed by atoms with Crippen molar-refractivity contribution >= 4 is 28.3 Å². The largest absolute Gasteiger partial charge is 0.508 e. The molecule has 4 aromatic carbocycles. The van der Waals surface area contributed by atoms with Crippen LogP contribution in [-0.4, -0.2) is 62.7 Å². The fourth-order valence-electron chi connectivity index (χ4n) is 12.5. The summed E-state index contributed by atoms with van der Waals surface area (Å²) in [5, 5.41) is 66.3. The zero-order valence-corrected chi connectivity index (χ0v) is 38.9. The summed E-state index contributed by atoms with van der Waals surface area (Å²) < 4.78 is 11.8. The molecule has 8 atom stereocenters. The number of carbonyl (C=O) groups is 1. The molecule has 1 saturated carbocycles. The number of H-pyrrole nitrogens is 1. The molecule has 3 aliphatic carbocycles. The first-order valence-electron chi connectivity index (χ1n) is 24.4. The Balaban J connectivity index is 1.13. The number of benzene rings is 4. The van der Waals surface area contributed by atoms with Crippen LogP contribution in [-0.2, 0) is 17.6 Å². The van der Waals surface area contributed by atoms with E-state index in [0.717, 1.165) is 75.9 Å². The predicted molar refractivity (Wildman–Crippen MR) is 265 cm³/mol. The number of aromatic amines is 1. The highest BCUT2D eigenvalue weighted by Crippen LogP contribution is 2.59. The number of aromatic nitrogens is 1. The summed E-state index contributed by atoms with van der Waals surface area (Å²) in [7, 11) is 1.51. The molecule has 0 saturated heterocycles. The smallest absolute Gasteiger partial charge is 0.200 e. The maximum Gasteiger partial charge on any atom is 0.200 e. The fourth-order valence-corrected chi connectivity index (χ4v) is 12.5. The van der Waals surface area contributed by atoms with E-state index in [2.05, 4.69) is 65.1 Å². The summed E-state index contributed by atoms with van der Waals surface area (Å²) in [6.07, 6.45) is 20.1. The maximum atomic E-state index is 16.2. The number of methoxy groups -OCH3 is 1. The number of allylic oxidation sites excluding steroid dienone is 4. The number of fused-ring (bicyclic) bond motifs is 2. The van der Waals surface area contributed by atoms with Gasteiger partial charge in [0.05, 0.1) is 25.7 Å². The number of aryl methyl sites for hydroxylation is 1. The van der Waals surface area contributed by atoms with Crippen LogP contribution in [0.5, 0.6) is 34.5 Å². The minimum absolute atomic E-state index is 0.00227. The molecule has 5 aromatic rings. The number of dihydropyridines is 1. The number of aliphatic hydroxyl groups excluding tert-OH is 1. The second-order valence-corrected chi connectivity index (χ2v) is 20.0. The van der Waals surface area contributed by atoms with Gasteiger partial charge in [-0.05, 0) is 168 Å². The number of ketones is 1. The molecule has 0 radical (unpaired) electrons. The number of aromatic hydroxyl groups is 4. The van der Waals surface area contributed by atoms with Crippen LogP contribution in [0.4, 0.5) is 5.69 Å². The molecule has 1 spiro atoms. The number of rotatable bonds is 11. The van der Waals surface area contributed by atoms with Crippen molar-refractivity contribution in [1.29, 1.82) is 0 Å². The van der Waals surface area contributed by atoms with E-state index in [1.807, 2.05) is 30.5 Å². The van der Waals surface area contributed by atoms with E-state index in [9.17, 15) is 25.5 Å². The maximum absolute atomic E-state index is 16.2. The Morgan fingerprint density at radius 3 is 2.66 bits per heavy atom. The molecule has 2 aliphatic heterocycles. The van der Waals surface area contributed by atoms with Gasteiger partial charge in [0.2, 0.25) is 5.75 Å². The number of anilines is 1. The molecule has 5 aliphatic rings. The molecule has 11 heteroatoms. The van der Waals surface area contributed by atoms with E-state index < -0.39 is 23.4 Å². The number of phenolic OH excluding ortho intramolecular Hbond substituents is 4. The molecular weight excluding hydrogens is 855 g/mol. The number of carbonyl (C=O) groups excluding carboxylic acids is 1. The van der Waals surface area contributed by atoms with E-state index in [-0.39, 0.29) is 65.1 Å². The third-order valence-corrected chi connectivity index (χ3v) is 15.7. The van der Waals surface area contributed by atoms with E-state index in [0.29, 0.717) is 56.1 Å². The predicted octanol–water partition coefficient (Wildman–Crippen LogP) is 10.7. The SMILES string of the molecule is COc1cc(CC[C@@H](O)[C@@H]2C(=O)C[C@H](c3cc(O)c(O)c(OC[C@@H]4C=CC[C@@H](C)C4)c3)C[C@@H]3C=Cc4cc(O)cc5ccc(c3c45)NC3=CC(=CCN3)[C@@]23CCC[C@@H]3Cc2ccc[nH]2)ccc1O. The summed E-state index contributed by atoms with van der Waals surface area (Å²) in [5.74, 6) is -0.0717. The van der Waals surface area contributed by atoms with Crippen molar-refractivity contribution < 1.29 is 39.8 Å². The molecule has 11 nitrogen and oxygen atoms in total. The topological polar surface area (TPSA) is 177 Å². The molecule has 8 N–H and O–H groups in total. The van der Waals surface area contributed by atoms with Crippen molar-refractivity contribution in [3.63, 3.8) is 0 Å². The van der Waals surface area contributed by atoms with Gasteiger partial charge in [0.15, 0.2) is 23.0 Å². The summed E-state index contributed by atoms with van der Waals surface area (Å²) in [6, 6.07) is 20.4. The van der Waals surface area contributed by atoms with Crippen LogP contribution in [0.25, 0.3) is 16.8 Å². The number of nitrogens with one attached hydrogen (secondary N) is 3. The molecule has 0 unspecified atom stereocenters. The number of Topliss-reactive ketones (excluding diaryl/α,β-unsaturated/α-hetero) is 1.